The molecular weight excluding hydrogens is 354 g/mol. The molecule has 3 heterocycles. The van der Waals surface area contributed by atoms with E-state index in [4.69, 9.17) is 10.7 Å². The van der Waals surface area contributed by atoms with Gasteiger partial charge in [0.2, 0.25) is 5.91 Å². The molecule has 4 aromatic rings. The van der Waals surface area contributed by atoms with Gasteiger partial charge in [-0.3, -0.25) is 9.48 Å². The fourth-order valence-corrected chi connectivity index (χ4v) is 3.37. The Morgan fingerprint density at radius 1 is 1.18 bits per heavy atom. The third-order valence-corrected chi connectivity index (χ3v) is 4.64. The fraction of sp³-hybridized carbons (Fsp3) is 0.250. The monoisotopic (exact) mass is 375 g/mol. The van der Waals surface area contributed by atoms with Crippen molar-refractivity contribution in [1.82, 2.24) is 24.7 Å². The van der Waals surface area contributed by atoms with Crippen molar-refractivity contribution in [1.29, 1.82) is 0 Å². The topological polar surface area (TPSA) is 112 Å². The summed E-state index contributed by atoms with van der Waals surface area (Å²) in [6.07, 6.45) is 0.365. The Morgan fingerprint density at radius 2 is 1.96 bits per heavy atom. The average molecular weight is 375 g/mol. The molecule has 3 aromatic heterocycles. The molecule has 0 radical (unpaired) electrons. The van der Waals surface area contributed by atoms with Crippen LogP contribution in [-0.2, 0) is 11.8 Å². The number of rotatable bonds is 3. The van der Waals surface area contributed by atoms with Gasteiger partial charge >= 0.3 is 0 Å². The molecule has 0 spiro atoms. The zero-order valence-corrected chi connectivity index (χ0v) is 16.2. The van der Waals surface area contributed by atoms with Crippen molar-refractivity contribution in [3.05, 3.63) is 35.8 Å². The summed E-state index contributed by atoms with van der Waals surface area (Å²) < 4.78 is 1.79. The molecular formula is C20H21N7O. The molecule has 3 N–H and O–H groups in total. The van der Waals surface area contributed by atoms with E-state index >= 15 is 0 Å². The van der Waals surface area contributed by atoms with Crippen LogP contribution in [0.1, 0.15) is 24.9 Å². The van der Waals surface area contributed by atoms with Crippen molar-refractivity contribution in [3.8, 4) is 11.3 Å². The summed E-state index contributed by atoms with van der Waals surface area (Å²) in [5, 5.41) is 8.23. The highest BCUT2D eigenvalue weighted by Crippen LogP contribution is 2.34. The van der Waals surface area contributed by atoms with Crippen LogP contribution in [-0.4, -0.2) is 30.6 Å². The predicted octanol–water partition coefficient (Wildman–Crippen LogP) is 3.13. The minimum atomic E-state index is -0.109. The molecule has 0 bridgehead atoms. The Kier molecular flexibility index (Phi) is 4.18. The van der Waals surface area contributed by atoms with E-state index < -0.39 is 0 Å². The number of pyridine rings is 1. The largest absolute Gasteiger partial charge is 0.399 e. The van der Waals surface area contributed by atoms with Gasteiger partial charge in [-0.05, 0) is 32.0 Å². The zero-order chi connectivity index (χ0) is 20.0. The van der Waals surface area contributed by atoms with Gasteiger partial charge in [-0.15, -0.1) is 0 Å². The molecule has 8 nitrogen and oxygen atoms in total. The molecule has 0 atom stereocenters. The first-order valence-electron chi connectivity index (χ1n) is 9.05. The van der Waals surface area contributed by atoms with Gasteiger partial charge in [-0.25, -0.2) is 15.0 Å². The molecule has 0 aliphatic rings. The SMILES string of the molecule is CCC(=O)Nc1cc(-c2nc(C)nc3c(C)nn(C)c23)c2ccc(N)cc2n1. The number of nitrogens with one attached hydrogen (secondary N) is 1. The van der Waals surface area contributed by atoms with Gasteiger partial charge in [0.25, 0.3) is 0 Å². The minimum Gasteiger partial charge on any atom is -0.399 e. The van der Waals surface area contributed by atoms with Crippen LogP contribution in [0.5, 0.6) is 0 Å². The van der Waals surface area contributed by atoms with Crippen LogP contribution < -0.4 is 11.1 Å². The Hall–Kier alpha value is -3.55. The van der Waals surface area contributed by atoms with Crippen LogP contribution in [0.15, 0.2) is 24.3 Å². The number of nitrogens with two attached hydrogens (primary N) is 1. The molecule has 0 aliphatic carbocycles. The van der Waals surface area contributed by atoms with Crippen LogP contribution in [0.3, 0.4) is 0 Å². The Labute approximate surface area is 161 Å². The third kappa shape index (κ3) is 2.92. The van der Waals surface area contributed by atoms with E-state index in [1.165, 1.54) is 0 Å². The second-order valence-corrected chi connectivity index (χ2v) is 6.76. The molecule has 1 amide bonds. The maximum Gasteiger partial charge on any atom is 0.225 e. The van der Waals surface area contributed by atoms with Crippen LogP contribution in [0.25, 0.3) is 33.2 Å². The molecule has 0 aliphatic heterocycles. The highest BCUT2D eigenvalue weighted by atomic mass is 16.1. The summed E-state index contributed by atoms with van der Waals surface area (Å²) in [6.45, 7) is 5.58. The van der Waals surface area contributed by atoms with E-state index in [0.717, 1.165) is 33.4 Å². The van der Waals surface area contributed by atoms with E-state index in [1.54, 1.807) is 17.7 Å². The lowest BCUT2D eigenvalue weighted by atomic mass is 10.0. The lowest BCUT2D eigenvalue weighted by Crippen LogP contribution is -2.11. The van der Waals surface area contributed by atoms with Crippen LogP contribution >= 0.6 is 0 Å². The number of aryl methyl sites for hydroxylation is 3. The number of aromatic nitrogens is 5. The second-order valence-electron chi connectivity index (χ2n) is 6.76. The van der Waals surface area contributed by atoms with Crippen LogP contribution in [0.4, 0.5) is 11.5 Å². The quantitative estimate of drug-likeness (QED) is 0.532. The van der Waals surface area contributed by atoms with Crippen LogP contribution in [0.2, 0.25) is 0 Å². The number of carbonyl (C=O) groups is 1. The van der Waals surface area contributed by atoms with Gasteiger partial charge in [0.15, 0.2) is 0 Å². The molecule has 0 saturated carbocycles. The number of benzene rings is 1. The number of carbonyl (C=O) groups excluding carboxylic acids is 1. The van der Waals surface area contributed by atoms with Gasteiger partial charge < -0.3 is 11.1 Å². The number of anilines is 2. The summed E-state index contributed by atoms with van der Waals surface area (Å²) in [5.74, 6) is 1.00. The molecule has 142 valence electrons. The van der Waals surface area contributed by atoms with Crippen molar-refractivity contribution in [2.24, 2.45) is 7.05 Å². The Balaban J connectivity index is 2.08. The molecule has 4 rings (SSSR count). The molecule has 0 fully saturated rings. The summed E-state index contributed by atoms with van der Waals surface area (Å²) in [5.41, 5.74) is 11.3. The summed E-state index contributed by atoms with van der Waals surface area (Å²) in [4.78, 5) is 25.8. The van der Waals surface area contributed by atoms with Gasteiger partial charge in [0.05, 0.1) is 11.2 Å². The van der Waals surface area contributed by atoms with Gasteiger partial charge in [-0.2, -0.15) is 5.10 Å². The second kappa shape index (κ2) is 6.56. The standard InChI is InChI=1S/C20H21N7O/c1-5-17(28)25-16-9-14(13-7-6-12(21)8-15(13)24-16)19-20-18(22-11(3)23-19)10(2)26-27(20)4/h6-9H,5,21H2,1-4H3,(H,24,25,28). The highest BCUT2D eigenvalue weighted by Gasteiger charge is 2.19. The Bertz CT molecular complexity index is 1240. The van der Waals surface area contributed by atoms with Crippen molar-refractivity contribution in [3.63, 3.8) is 0 Å². The van der Waals surface area contributed by atoms with Crippen LogP contribution in [0, 0.1) is 13.8 Å². The number of hydrogen-bond donors (Lipinski definition) is 2. The number of nitrogen functional groups attached to an aromatic ring is 1. The van der Waals surface area contributed by atoms with E-state index in [2.05, 4.69) is 20.4 Å². The van der Waals surface area contributed by atoms with E-state index in [0.29, 0.717) is 29.3 Å². The highest BCUT2D eigenvalue weighted by molar-refractivity contribution is 6.04. The Morgan fingerprint density at radius 3 is 2.71 bits per heavy atom. The first-order chi connectivity index (χ1) is 13.4. The lowest BCUT2D eigenvalue weighted by Gasteiger charge is -2.12. The zero-order valence-electron chi connectivity index (χ0n) is 16.2. The maximum absolute atomic E-state index is 11.9. The maximum atomic E-state index is 11.9. The molecule has 1 aromatic carbocycles. The predicted molar refractivity (Wildman–Crippen MR) is 110 cm³/mol. The molecule has 28 heavy (non-hydrogen) atoms. The van der Waals surface area contributed by atoms with Crippen molar-refractivity contribution >= 4 is 39.3 Å². The lowest BCUT2D eigenvalue weighted by molar-refractivity contribution is -0.115. The van der Waals surface area contributed by atoms with E-state index in [9.17, 15) is 4.79 Å². The van der Waals surface area contributed by atoms with Crippen molar-refractivity contribution < 1.29 is 4.79 Å². The molecule has 0 saturated heterocycles. The average Bonchev–Trinajstić information content (AvgIpc) is 2.93. The normalized spacial score (nSPS) is 11.3. The summed E-state index contributed by atoms with van der Waals surface area (Å²) >= 11 is 0. The van der Waals surface area contributed by atoms with E-state index in [-0.39, 0.29) is 5.91 Å². The van der Waals surface area contributed by atoms with Crippen molar-refractivity contribution in [2.45, 2.75) is 27.2 Å². The number of hydrogen-bond acceptors (Lipinski definition) is 6. The number of amides is 1. The summed E-state index contributed by atoms with van der Waals surface area (Å²) in [6, 6.07) is 7.39. The minimum absolute atomic E-state index is 0.109. The van der Waals surface area contributed by atoms with Crippen molar-refractivity contribution in [2.75, 3.05) is 11.1 Å². The molecule has 8 heteroatoms. The number of nitrogens with zero attached hydrogens (tertiary/aromatic N) is 5. The van der Waals surface area contributed by atoms with Gasteiger partial charge in [0, 0.05) is 30.1 Å². The molecule has 0 unspecified atom stereocenters. The van der Waals surface area contributed by atoms with Gasteiger partial charge in [-0.1, -0.05) is 13.0 Å². The summed E-state index contributed by atoms with van der Waals surface area (Å²) in [7, 11) is 1.87. The van der Waals surface area contributed by atoms with Gasteiger partial charge in [0.1, 0.15) is 28.4 Å². The third-order valence-electron chi connectivity index (χ3n) is 4.64. The first-order valence-corrected chi connectivity index (χ1v) is 9.05. The fourth-order valence-electron chi connectivity index (χ4n) is 3.37. The number of fused-ring (bicyclic) bond motifs is 2. The van der Waals surface area contributed by atoms with E-state index in [1.807, 2.05) is 39.1 Å². The first kappa shape index (κ1) is 17.8. The smallest absolute Gasteiger partial charge is 0.225 e.